The van der Waals surface area contributed by atoms with E-state index in [9.17, 15) is 4.79 Å². The zero-order valence-corrected chi connectivity index (χ0v) is 8.12. The van der Waals surface area contributed by atoms with Gasteiger partial charge in [-0.15, -0.1) is 0 Å². The molecule has 68 valence electrons. The van der Waals surface area contributed by atoms with Gasteiger partial charge in [0.1, 0.15) is 19.0 Å². The Hall–Kier alpha value is -0.130. The van der Waals surface area contributed by atoms with Crippen molar-refractivity contribution in [2.75, 3.05) is 25.2 Å². The van der Waals surface area contributed by atoms with Gasteiger partial charge in [0.05, 0.1) is 5.33 Å². The zero-order valence-electron chi connectivity index (χ0n) is 6.53. The van der Waals surface area contributed by atoms with Crippen LogP contribution in [0, 0.1) is 0 Å². The molecule has 0 aromatic heterocycles. The fraction of sp³-hybridized carbons (Fsp3) is 0.857. The number of rotatable bonds is 1. The van der Waals surface area contributed by atoms with Crippen molar-refractivity contribution >= 4 is 21.8 Å². The molecular formula is C7H10BrNO3. The highest BCUT2D eigenvalue weighted by atomic mass is 79.9. The van der Waals surface area contributed by atoms with E-state index in [1.165, 1.54) is 0 Å². The van der Waals surface area contributed by atoms with Crippen LogP contribution in [0.15, 0.2) is 0 Å². The first-order valence-corrected chi connectivity index (χ1v) is 5.00. The van der Waals surface area contributed by atoms with Crippen molar-refractivity contribution in [3.8, 4) is 0 Å². The van der Waals surface area contributed by atoms with E-state index in [1.807, 2.05) is 0 Å². The first kappa shape index (κ1) is 8.47. The molecule has 0 aliphatic carbocycles. The third-order valence-corrected chi connectivity index (χ3v) is 2.73. The second-order valence-corrected chi connectivity index (χ2v) is 3.52. The van der Waals surface area contributed by atoms with Crippen LogP contribution in [0.3, 0.4) is 0 Å². The van der Waals surface area contributed by atoms with Gasteiger partial charge in [0.25, 0.3) is 0 Å². The van der Waals surface area contributed by atoms with Gasteiger partial charge in [-0.1, -0.05) is 15.9 Å². The number of fused-ring (bicyclic) bond motifs is 1. The molecular weight excluding hydrogens is 226 g/mol. The third-order valence-electron chi connectivity index (χ3n) is 2.25. The molecule has 2 heterocycles. The van der Waals surface area contributed by atoms with Crippen LogP contribution in [0.2, 0.25) is 0 Å². The first-order valence-electron chi connectivity index (χ1n) is 3.88. The van der Waals surface area contributed by atoms with E-state index in [1.54, 1.807) is 4.90 Å². The smallest absolute Gasteiger partial charge is 0.233 e. The van der Waals surface area contributed by atoms with E-state index < -0.39 is 0 Å². The first-order chi connectivity index (χ1) is 5.81. The van der Waals surface area contributed by atoms with Crippen molar-refractivity contribution in [2.24, 2.45) is 0 Å². The average molecular weight is 236 g/mol. The van der Waals surface area contributed by atoms with Crippen molar-refractivity contribution in [3.05, 3.63) is 0 Å². The molecule has 0 radical (unpaired) electrons. The van der Waals surface area contributed by atoms with E-state index in [4.69, 9.17) is 9.47 Å². The molecule has 2 rings (SSSR count). The molecule has 1 amide bonds. The molecule has 2 fully saturated rings. The Morgan fingerprint density at radius 2 is 2.00 bits per heavy atom. The van der Waals surface area contributed by atoms with Crippen LogP contribution < -0.4 is 0 Å². The highest BCUT2D eigenvalue weighted by Crippen LogP contribution is 2.22. The molecule has 2 atom stereocenters. The minimum absolute atomic E-state index is 0.105. The van der Waals surface area contributed by atoms with Crippen LogP contribution in [0.5, 0.6) is 0 Å². The van der Waals surface area contributed by atoms with E-state index >= 15 is 0 Å². The van der Waals surface area contributed by atoms with Gasteiger partial charge in [0, 0.05) is 13.1 Å². The molecule has 12 heavy (non-hydrogen) atoms. The second kappa shape index (κ2) is 3.32. The normalized spacial score (nSPS) is 33.9. The van der Waals surface area contributed by atoms with Crippen molar-refractivity contribution in [2.45, 2.75) is 12.2 Å². The summed E-state index contributed by atoms with van der Waals surface area (Å²) in [6, 6.07) is 0. The van der Waals surface area contributed by atoms with Crippen LogP contribution >= 0.6 is 15.9 Å². The highest BCUT2D eigenvalue weighted by Gasteiger charge is 2.39. The molecule has 0 spiro atoms. The molecule has 2 aliphatic rings. The third kappa shape index (κ3) is 1.36. The SMILES string of the molecule is O=C(CBr)N1CC2OCOC2C1. The van der Waals surface area contributed by atoms with Crippen LogP contribution in [0.4, 0.5) is 0 Å². The lowest BCUT2D eigenvalue weighted by Crippen LogP contribution is -2.31. The molecule has 0 saturated carbocycles. The fourth-order valence-corrected chi connectivity index (χ4v) is 1.92. The summed E-state index contributed by atoms with van der Waals surface area (Å²) < 4.78 is 10.5. The molecule has 0 N–H and O–H groups in total. The molecule has 4 nitrogen and oxygen atoms in total. The molecule has 0 bridgehead atoms. The average Bonchev–Trinajstić information content (AvgIpc) is 2.60. The van der Waals surface area contributed by atoms with Crippen molar-refractivity contribution in [1.29, 1.82) is 0 Å². The number of ether oxygens (including phenoxy) is 2. The monoisotopic (exact) mass is 235 g/mol. The number of carbonyl (C=O) groups excluding carboxylic acids is 1. The van der Waals surface area contributed by atoms with Crippen LogP contribution in [0.25, 0.3) is 0 Å². The summed E-state index contributed by atoms with van der Waals surface area (Å²) in [4.78, 5) is 13.0. The number of amides is 1. The van der Waals surface area contributed by atoms with Gasteiger partial charge in [0.15, 0.2) is 0 Å². The summed E-state index contributed by atoms with van der Waals surface area (Å²) in [5.74, 6) is 0.108. The number of halogens is 1. The second-order valence-electron chi connectivity index (χ2n) is 2.96. The molecule has 2 saturated heterocycles. The van der Waals surface area contributed by atoms with Gasteiger partial charge in [-0.05, 0) is 0 Å². The van der Waals surface area contributed by atoms with Gasteiger partial charge in [0.2, 0.25) is 5.91 Å². The van der Waals surface area contributed by atoms with Crippen molar-refractivity contribution in [1.82, 2.24) is 4.90 Å². The minimum Gasteiger partial charge on any atom is -0.348 e. The van der Waals surface area contributed by atoms with Gasteiger partial charge in [-0.2, -0.15) is 0 Å². The quantitative estimate of drug-likeness (QED) is 0.600. The number of likely N-dealkylation sites (tertiary alicyclic amines) is 1. The Bertz CT molecular complexity index is 187. The Labute approximate surface area is 78.9 Å². The molecule has 5 heteroatoms. The topological polar surface area (TPSA) is 38.8 Å². The Kier molecular flexibility index (Phi) is 2.34. The predicted molar refractivity (Wildman–Crippen MR) is 45.0 cm³/mol. The minimum atomic E-state index is 0.105. The summed E-state index contributed by atoms with van der Waals surface area (Å²) in [6.45, 7) is 1.73. The number of hydrogen-bond donors (Lipinski definition) is 0. The van der Waals surface area contributed by atoms with Crippen molar-refractivity contribution in [3.63, 3.8) is 0 Å². The number of hydrogen-bond acceptors (Lipinski definition) is 3. The molecule has 0 aromatic rings. The van der Waals surface area contributed by atoms with E-state index in [0.29, 0.717) is 25.2 Å². The number of alkyl halides is 1. The number of nitrogens with zero attached hydrogens (tertiary/aromatic N) is 1. The zero-order chi connectivity index (χ0) is 8.55. The van der Waals surface area contributed by atoms with E-state index in [-0.39, 0.29) is 18.1 Å². The standard InChI is InChI=1S/C7H10BrNO3/c8-1-7(10)9-2-5-6(3-9)12-4-11-5/h5-6H,1-4H2. The van der Waals surface area contributed by atoms with Crippen LogP contribution in [-0.2, 0) is 14.3 Å². The Morgan fingerprint density at radius 1 is 1.42 bits per heavy atom. The lowest BCUT2D eigenvalue weighted by atomic mass is 10.3. The van der Waals surface area contributed by atoms with Crippen LogP contribution in [-0.4, -0.2) is 48.2 Å². The number of carbonyl (C=O) groups is 1. The maximum atomic E-state index is 11.2. The predicted octanol–water partition coefficient (Wildman–Crippen LogP) is -0.0350. The van der Waals surface area contributed by atoms with Crippen LogP contribution in [0.1, 0.15) is 0 Å². The van der Waals surface area contributed by atoms with Gasteiger partial charge < -0.3 is 14.4 Å². The summed E-state index contributed by atoms with van der Waals surface area (Å²) in [5.41, 5.74) is 0. The fourth-order valence-electron chi connectivity index (χ4n) is 1.57. The summed E-state index contributed by atoms with van der Waals surface area (Å²) >= 11 is 3.13. The van der Waals surface area contributed by atoms with E-state index in [2.05, 4.69) is 15.9 Å². The maximum Gasteiger partial charge on any atom is 0.233 e. The van der Waals surface area contributed by atoms with Gasteiger partial charge in [-0.25, -0.2) is 0 Å². The Balaban J connectivity index is 1.94. The van der Waals surface area contributed by atoms with E-state index in [0.717, 1.165) is 0 Å². The maximum absolute atomic E-state index is 11.2. The summed E-state index contributed by atoms with van der Waals surface area (Å²) in [7, 11) is 0. The van der Waals surface area contributed by atoms with Crippen molar-refractivity contribution < 1.29 is 14.3 Å². The molecule has 2 unspecified atom stereocenters. The summed E-state index contributed by atoms with van der Waals surface area (Å²) in [6.07, 6.45) is 0.209. The molecule has 0 aromatic carbocycles. The summed E-state index contributed by atoms with van der Waals surface area (Å²) in [5, 5.41) is 0.381. The highest BCUT2D eigenvalue weighted by molar-refractivity contribution is 9.09. The largest absolute Gasteiger partial charge is 0.348 e. The van der Waals surface area contributed by atoms with Gasteiger partial charge in [-0.3, -0.25) is 4.79 Å². The Morgan fingerprint density at radius 3 is 2.50 bits per heavy atom. The lowest BCUT2D eigenvalue weighted by molar-refractivity contribution is -0.129. The molecule has 2 aliphatic heterocycles. The van der Waals surface area contributed by atoms with Gasteiger partial charge >= 0.3 is 0 Å². The lowest BCUT2D eigenvalue weighted by Gasteiger charge is -2.14.